The zero-order valence-corrected chi connectivity index (χ0v) is 15.8. The molecule has 1 N–H and O–H groups in total. The molecule has 0 aromatic carbocycles. The molecule has 0 aliphatic rings. The van der Waals surface area contributed by atoms with Crippen LogP contribution in [-0.2, 0) is 9.53 Å². The third-order valence-electron chi connectivity index (χ3n) is 2.46. The molecule has 2 rings (SSSR count). The van der Waals surface area contributed by atoms with Crippen molar-refractivity contribution in [3.63, 3.8) is 0 Å². The Labute approximate surface area is 146 Å². The number of hydrogen-bond donors (Lipinski definition) is 1. The Kier molecular flexibility index (Phi) is 5.53. The van der Waals surface area contributed by atoms with Crippen molar-refractivity contribution >= 4 is 71.5 Å². The highest BCUT2D eigenvalue weighted by molar-refractivity contribution is 9.13. The Morgan fingerprint density at radius 2 is 2.05 bits per heavy atom. The van der Waals surface area contributed by atoms with Crippen molar-refractivity contribution in [3.8, 4) is 0 Å². The van der Waals surface area contributed by atoms with Crippen molar-refractivity contribution in [2.75, 3.05) is 11.9 Å². The van der Waals surface area contributed by atoms with Gasteiger partial charge in [-0.25, -0.2) is 9.78 Å². The maximum atomic E-state index is 11.8. The summed E-state index contributed by atoms with van der Waals surface area (Å²) in [5.41, 5.74) is 0.876. The Bertz CT molecular complexity index is 658. The number of anilines is 1. The first-order valence-corrected chi connectivity index (χ1v) is 8.94. The molecule has 0 radical (unpaired) electrons. The van der Waals surface area contributed by atoms with Gasteiger partial charge in [-0.2, -0.15) is 0 Å². The number of amides is 1. The molecule has 0 spiro atoms. The number of halogens is 2. The van der Waals surface area contributed by atoms with Gasteiger partial charge in [-0.3, -0.25) is 10.1 Å². The van der Waals surface area contributed by atoms with Gasteiger partial charge in [0.1, 0.15) is 4.88 Å². The van der Waals surface area contributed by atoms with Gasteiger partial charge in [-0.15, -0.1) is 22.7 Å². The topological polar surface area (TPSA) is 68.3 Å². The molecule has 21 heavy (non-hydrogen) atoms. The van der Waals surface area contributed by atoms with E-state index >= 15 is 0 Å². The maximum Gasteiger partial charge on any atom is 0.348 e. The molecule has 0 bridgehead atoms. The predicted molar refractivity (Wildman–Crippen MR) is 90.2 cm³/mol. The Morgan fingerprint density at radius 1 is 1.33 bits per heavy atom. The second-order valence-corrected chi connectivity index (χ2v) is 8.44. The lowest BCUT2D eigenvalue weighted by Crippen LogP contribution is -2.20. The van der Waals surface area contributed by atoms with Gasteiger partial charge in [0.15, 0.2) is 11.7 Å². The number of ether oxygens (including phenoxy) is 1. The van der Waals surface area contributed by atoms with Crippen LogP contribution in [0.15, 0.2) is 14.3 Å². The van der Waals surface area contributed by atoms with E-state index in [4.69, 9.17) is 4.74 Å². The summed E-state index contributed by atoms with van der Waals surface area (Å²) in [5.74, 6) is -0.945. The van der Waals surface area contributed by atoms with E-state index < -0.39 is 11.9 Å². The van der Waals surface area contributed by atoms with Crippen LogP contribution in [-0.4, -0.2) is 23.5 Å². The fourth-order valence-corrected chi connectivity index (χ4v) is 4.09. The SMILES string of the molecule is Cc1nc(NC(=O)COC(=O)c2cc(Br)c(Br)s2)sc1C. The number of nitrogens with one attached hydrogen (secondary N) is 1. The van der Waals surface area contributed by atoms with Crippen molar-refractivity contribution in [3.05, 3.63) is 29.8 Å². The molecule has 0 aliphatic carbocycles. The Morgan fingerprint density at radius 3 is 2.57 bits per heavy atom. The van der Waals surface area contributed by atoms with Crippen LogP contribution in [0.1, 0.15) is 20.2 Å². The highest BCUT2D eigenvalue weighted by Crippen LogP contribution is 2.32. The number of thiazole rings is 1. The third kappa shape index (κ3) is 4.35. The summed E-state index contributed by atoms with van der Waals surface area (Å²) in [6.45, 7) is 3.45. The van der Waals surface area contributed by atoms with E-state index in [2.05, 4.69) is 42.2 Å². The largest absolute Gasteiger partial charge is 0.451 e. The Hall–Kier alpha value is -0.770. The van der Waals surface area contributed by atoms with E-state index in [1.165, 1.54) is 22.7 Å². The molecule has 2 aromatic heterocycles. The van der Waals surface area contributed by atoms with Gasteiger partial charge in [-0.1, -0.05) is 0 Å². The minimum Gasteiger partial charge on any atom is -0.451 e. The molecule has 112 valence electrons. The summed E-state index contributed by atoms with van der Waals surface area (Å²) in [7, 11) is 0. The number of carbonyl (C=O) groups excluding carboxylic acids is 2. The van der Waals surface area contributed by atoms with Crippen molar-refractivity contribution < 1.29 is 14.3 Å². The molecule has 0 saturated heterocycles. The van der Waals surface area contributed by atoms with Crippen LogP contribution in [0.2, 0.25) is 0 Å². The molecule has 9 heteroatoms. The van der Waals surface area contributed by atoms with Gasteiger partial charge in [0.05, 0.1) is 9.48 Å². The monoisotopic (exact) mass is 452 g/mol. The van der Waals surface area contributed by atoms with Crippen LogP contribution in [0.4, 0.5) is 5.13 Å². The molecule has 0 saturated carbocycles. The molecule has 2 aromatic rings. The van der Waals surface area contributed by atoms with Crippen molar-refractivity contribution in [2.24, 2.45) is 0 Å². The van der Waals surface area contributed by atoms with Gasteiger partial charge < -0.3 is 4.74 Å². The first kappa shape index (κ1) is 16.6. The van der Waals surface area contributed by atoms with Crippen LogP contribution in [0, 0.1) is 13.8 Å². The van der Waals surface area contributed by atoms with E-state index in [-0.39, 0.29) is 6.61 Å². The van der Waals surface area contributed by atoms with E-state index in [1.807, 2.05) is 13.8 Å². The van der Waals surface area contributed by atoms with Crippen LogP contribution in [0.5, 0.6) is 0 Å². The van der Waals surface area contributed by atoms with Gasteiger partial charge >= 0.3 is 5.97 Å². The lowest BCUT2D eigenvalue weighted by atomic mass is 10.4. The zero-order valence-electron chi connectivity index (χ0n) is 11.0. The number of aryl methyl sites for hydroxylation is 2. The molecule has 0 atom stereocenters. The summed E-state index contributed by atoms with van der Waals surface area (Å²) in [4.78, 5) is 29.1. The van der Waals surface area contributed by atoms with Gasteiger partial charge in [0, 0.05) is 9.35 Å². The molecule has 0 aliphatic heterocycles. The summed E-state index contributed by atoms with van der Waals surface area (Å²) >= 11 is 9.20. The highest BCUT2D eigenvalue weighted by Gasteiger charge is 2.15. The van der Waals surface area contributed by atoms with Crippen LogP contribution in [0.25, 0.3) is 0 Å². The number of rotatable bonds is 4. The molecule has 2 heterocycles. The van der Waals surface area contributed by atoms with Gasteiger partial charge in [0.25, 0.3) is 5.91 Å². The smallest absolute Gasteiger partial charge is 0.348 e. The molecule has 1 amide bonds. The second kappa shape index (κ2) is 6.99. The number of esters is 1. The molecule has 0 fully saturated rings. The fourth-order valence-electron chi connectivity index (χ4n) is 1.33. The van der Waals surface area contributed by atoms with Gasteiger partial charge in [0.2, 0.25) is 0 Å². The molecular weight excluding hydrogens is 444 g/mol. The number of nitrogens with zero attached hydrogens (tertiary/aromatic N) is 1. The Balaban J connectivity index is 1.87. The number of aromatic nitrogens is 1. The lowest BCUT2D eigenvalue weighted by molar-refractivity contribution is -0.119. The minimum absolute atomic E-state index is 0.344. The second-order valence-electron chi connectivity index (χ2n) is 4.02. The summed E-state index contributed by atoms with van der Waals surface area (Å²) in [6, 6.07) is 1.64. The average molecular weight is 454 g/mol. The van der Waals surface area contributed by atoms with Crippen LogP contribution < -0.4 is 5.32 Å². The predicted octanol–water partition coefficient (Wildman–Crippen LogP) is 4.14. The highest BCUT2D eigenvalue weighted by atomic mass is 79.9. The number of thiophene rings is 1. The number of carbonyl (C=O) groups is 2. The van der Waals surface area contributed by atoms with E-state index in [0.717, 1.165) is 18.8 Å². The van der Waals surface area contributed by atoms with E-state index in [0.29, 0.717) is 10.0 Å². The van der Waals surface area contributed by atoms with Crippen molar-refractivity contribution in [2.45, 2.75) is 13.8 Å². The summed E-state index contributed by atoms with van der Waals surface area (Å²) < 4.78 is 6.54. The first-order valence-electron chi connectivity index (χ1n) is 5.72. The fraction of sp³-hybridized carbons (Fsp3) is 0.250. The van der Waals surface area contributed by atoms with E-state index in [9.17, 15) is 9.59 Å². The van der Waals surface area contributed by atoms with Crippen molar-refractivity contribution in [1.29, 1.82) is 0 Å². The summed E-state index contributed by atoms with van der Waals surface area (Å²) in [6.07, 6.45) is 0. The van der Waals surface area contributed by atoms with Crippen LogP contribution >= 0.6 is 54.5 Å². The minimum atomic E-state index is -0.534. The zero-order chi connectivity index (χ0) is 15.6. The van der Waals surface area contributed by atoms with Gasteiger partial charge in [-0.05, 0) is 51.8 Å². The lowest BCUT2D eigenvalue weighted by Gasteiger charge is -2.02. The standard InChI is InChI=1S/C12H10Br2N2O3S2/c1-5-6(2)20-12(15-5)16-9(17)4-19-11(18)8-3-7(13)10(14)21-8/h3H,4H2,1-2H3,(H,15,16,17). The molecule has 0 unspecified atom stereocenters. The number of hydrogen-bond acceptors (Lipinski definition) is 6. The quantitative estimate of drug-likeness (QED) is 0.706. The van der Waals surface area contributed by atoms with Crippen molar-refractivity contribution in [1.82, 2.24) is 4.98 Å². The normalized spacial score (nSPS) is 10.5. The van der Waals surface area contributed by atoms with Crippen LogP contribution in [0.3, 0.4) is 0 Å². The third-order valence-corrected chi connectivity index (χ3v) is 6.68. The summed E-state index contributed by atoms with van der Waals surface area (Å²) in [5, 5.41) is 3.11. The molecular formula is C12H10Br2N2O3S2. The maximum absolute atomic E-state index is 11.8. The van der Waals surface area contributed by atoms with E-state index in [1.54, 1.807) is 6.07 Å². The average Bonchev–Trinajstić information content (AvgIpc) is 2.90. The first-order chi connectivity index (χ1) is 9.86. The molecule has 5 nitrogen and oxygen atoms in total.